The Hall–Kier alpha value is -1.86. The van der Waals surface area contributed by atoms with Gasteiger partial charge < -0.3 is 5.11 Å². The summed E-state index contributed by atoms with van der Waals surface area (Å²) in [6.45, 7) is 3.57. The zero-order valence-corrected chi connectivity index (χ0v) is 13.5. The van der Waals surface area contributed by atoms with Crippen LogP contribution in [0.1, 0.15) is 20.1 Å². The van der Waals surface area contributed by atoms with Gasteiger partial charge in [-0.15, -0.1) is 11.3 Å². The van der Waals surface area contributed by atoms with Crippen LogP contribution in [0.25, 0.3) is 0 Å². The van der Waals surface area contributed by atoms with Crippen molar-refractivity contribution in [2.45, 2.75) is 18.7 Å². The van der Waals surface area contributed by atoms with Gasteiger partial charge in [-0.05, 0) is 32.0 Å². The fraction of sp³-hybridized carbons (Fsp3) is 0.214. The molecule has 0 aliphatic rings. The molecule has 5 nitrogen and oxygen atoms in total. The Bertz CT molecular complexity index is 793. The third-order valence-electron chi connectivity index (χ3n) is 3.11. The van der Waals surface area contributed by atoms with E-state index >= 15 is 0 Å². The molecule has 0 bridgehead atoms. The molecule has 1 N–H and O–H groups in total. The van der Waals surface area contributed by atoms with Crippen LogP contribution in [-0.2, 0) is 10.0 Å². The number of nitrogens with zero attached hydrogens (tertiary/aromatic N) is 1. The normalized spacial score (nSPS) is 11.4. The van der Waals surface area contributed by atoms with Crippen molar-refractivity contribution in [3.63, 3.8) is 0 Å². The second kappa shape index (κ2) is 5.50. The SMILES string of the molecule is Cc1cc(S(=O)(=O)N(C)c2ccccc2C(=O)O)c(C)s1. The van der Waals surface area contributed by atoms with Gasteiger partial charge >= 0.3 is 5.97 Å². The molecule has 1 aromatic carbocycles. The summed E-state index contributed by atoms with van der Waals surface area (Å²) in [7, 11) is -2.41. The van der Waals surface area contributed by atoms with E-state index in [0.717, 1.165) is 9.18 Å². The van der Waals surface area contributed by atoms with Crippen molar-refractivity contribution in [2.75, 3.05) is 11.4 Å². The number of thiophene rings is 1. The molecule has 21 heavy (non-hydrogen) atoms. The Kier molecular flexibility index (Phi) is 4.06. The minimum absolute atomic E-state index is 0.0480. The summed E-state index contributed by atoms with van der Waals surface area (Å²) in [6, 6.07) is 7.65. The Morgan fingerprint density at radius 1 is 1.24 bits per heavy atom. The molecule has 2 rings (SSSR count). The molecule has 0 aliphatic carbocycles. The number of hydrogen-bond acceptors (Lipinski definition) is 4. The van der Waals surface area contributed by atoms with Crippen LogP contribution in [0.15, 0.2) is 35.2 Å². The Labute approximate surface area is 127 Å². The van der Waals surface area contributed by atoms with Crippen molar-refractivity contribution < 1.29 is 18.3 Å². The lowest BCUT2D eigenvalue weighted by atomic mass is 10.2. The Morgan fingerprint density at radius 2 is 1.86 bits per heavy atom. The number of aryl methyl sites for hydroxylation is 2. The van der Waals surface area contributed by atoms with Gasteiger partial charge in [-0.25, -0.2) is 13.2 Å². The van der Waals surface area contributed by atoms with Gasteiger partial charge in [0.05, 0.1) is 11.3 Å². The number of anilines is 1. The maximum absolute atomic E-state index is 12.7. The Morgan fingerprint density at radius 3 is 2.38 bits per heavy atom. The number of para-hydroxylation sites is 1. The molecule has 0 unspecified atom stereocenters. The summed E-state index contributed by atoms with van der Waals surface area (Å²) in [4.78, 5) is 13.0. The zero-order chi connectivity index (χ0) is 15.8. The van der Waals surface area contributed by atoms with Crippen LogP contribution in [-0.4, -0.2) is 26.5 Å². The van der Waals surface area contributed by atoms with E-state index in [1.54, 1.807) is 25.1 Å². The first kappa shape index (κ1) is 15.5. The molecule has 0 amide bonds. The van der Waals surface area contributed by atoms with Crippen LogP contribution in [0.4, 0.5) is 5.69 Å². The molecule has 7 heteroatoms. The molecule has 0 spiro atoms. The number of benzene rings is 1. The monoisotopic (exact) mass is 325 g/mol. The molecule has 112 valence electrons. The number of rotatable bonds is 4. The van der Waals surface area contributed by atoms with Gasteiger partial charge in [0, 0.05) is 16.8 Å². The van der Waals surface area contributed by atoms with Crippen LogP contribution in [0.5, 0.6) is 0 Å². The predicted molar refractivity (Wildman–Crippen MR) is 82.8 cm³/mol. The predicted octanol–water partition coefficient (Wildman–Crippen LogP) is 2.89. The van der Waals surface area contributed by atoms with Crippen molar-refractivity contribution in [3.05, 3.63) is 45.6 Å². The van der Waals surface area contributed by atoms with E-state index in [-0.39, 0.29) is 16.1 Å². The molecule has 1 aromatic heterocycles. The molecule has 0 saturated carbocycles. The van der Waals surface area contributed by atoms with Crippen molar-refractivity contribution >= 4 is 33.0 Å². The van der Waals surface area contributed by atoms with Gasteiger partial charge in [-0.1, -0.05) is 12.1 Å². The summed E-state index contributed by atoms with van der Waals surface area (Å²) >= 11 is 1.40. The molecular formula is C14H15NO4S2. The molecule has 0 atom stereocenters. The highest BCUT2D eigenvalue weighted by Crippen LogP contribution is 2.31. The summed E-state index contributed by atoms with van der Waals surface area (Å²) < 4.78 is 26.4. The fourth-order valence-electron chi connectivity index (χ4n) is 2.07. The number of sulfonamides is 1. The van der Waals surface area contributed by atoms with E-state index in [9.17, 15) is 18.3 Å². The summed E-state index contributed by atoms with van der Waals surface area (Å²) in [5, 5.41) is 9.19. The first-order chi connectivity index (χ1) is 9.75. The molecule has 0 aliphatic heterocycles. The third kappa shape index (κ3) is 2.79. The highest BCUT2D eigenvalue weighted by Gasteiger charge is 2.27. The quantitative estimate of drug-likeness (QED) is 0.938. The number of aromatic carboxylic acids is 1. The smallest absolute Gasteiger partial charge is 0.337 e. The standard InChI is InChI=1S/C14H15NO4S2/c1-9-8-13(10(2)20-9)21(18,19)15(3)12-7-5-4-6-11(12)14(16)17/h4-8H,1-3H3,(H,16,17). The molecule has 0 fully saturated rings. The van der Waals surface area contributed by atoms with Gasteiger partial charge in [0.1, 0.15) is 4.90 Å². The van der Waals surface area contributed by atoms with Crippen molar-refractivity contribution in [1.29, 1.82) is 0 Å². The highest BCUT2D eigenvalue weighted by molar-refractivity contribution is 7.93. The molecule has 1 heterocycles. The van der Waals surface area contributed by atoms with E-state index < -0.39 is 16.0 Å². The summed E-state index contributed by atoms with van der Waals surface area (Å²) in [5.41, 5.74) is 0.0985. The van der Waals surface area contributed by atoms with Crippen LogP contribution >= 0.6 is 11.3 Å². The van der Waals surface area contributed by atoms with Crippen LogP contribution < -0.4 is 4.31 Å². The average molecular weight is 325 g/mol. The van der Waals surface area contributed by atoms with Crippen LogP contribution in [0, 0.1) is 13.8 Å². The van der Waals surface area contributed by atoms with E-state index in [1.807, 2.05) is 6.92 Å². The molecule has 2 aromatic rings. The maximum atomic E-state index is 12.7. The number of hydrogen-bond donors (Lipinski definition) is 1. The van der Waals surface area contributed by atoms with Crippen molar-refractivity contribution in [3.8, 4) is 0 Å². The van der Waals surface area contributed by atoms with Gasteiger partial charge in [-0.2, -0.15) is 0 Å². The lowest BCUT2D eigenvalue weighted by Crippen LogP contribution is -2.28. The first-order valence-corrected chi connectivity index (χ1v) is 8.39. The number of carboxylic acid groups (broad SMARTS) is 1. The average Bonchev–Trinajstić information content (AvgIpc) is 2.77. The van der Waals surface area contributed by atoms with E-state index in [1.165, 1.54) is 30.5 Å². The Balaban J connectivity index is 2.56. The molecule has 0 saturated heterocycles. The minimum Gasteiger partial charge on any atom is -0.478 e. The van der Waals surface area contributed by atoms with Crippen molar-refractivity contribution in [1.82, 2.24) is 0 Å². The first-order valence-electron chi connectivity index (χ1n) is 6.13. The van der Waals surface area contributed by atoms with E-state index in [4.69, 9.17) is 0 Å². The van der Waals surface area contributed by atoms with Gasteiger partial charge in [0.15, 0.2) is 0 Å². The lowest BCUT2D eigenvalue weighted by molar-refractivity contribution is 0.0698. The molecule has 0 radical (unpaired) electrons. The summed E-state index contributed by atoms with van der Waals surface area (Å²) in [5.74, 6) is -1.16. The topological polar surface area (TPSA) is 74.7 Å². The largest absolute Gasteiger partial charge is 0.478 e. The van der Waals surface area contributed by atoms with Crippen LogP contribution in [0.2, 0.25) is 0 Å². The zero-order valence-electron chi connectivity index (χ0n) is 11.8. The van der Waals surface area contributed by atoms with Crippen molar-refractivity contribution in [2.24, 2.45) is 0 Å². The van der Waals surface area contributed by atoms with Crippen LogP contribution in [0.3, 0.4) is 0 Å². The second-order valence-corrected chi connectivity index (χ2v) is 7.97. The van der Waals surface area contributed by atoms with E-state index in [2.05, 4.69) is 0 Å². The van der Waals surface area contributed by atoms with E-state index in [0.29, 0.717) is 4.88 Å². The van der Waals surface area contributed by atoms with Gasteiger partial charge in [0.2, 0.25) is 0 Å². The molecular weight excluding hydrogens is 310 g/mol. The number of carbonyl (C=O) groups is 1. The lowest BCUT2D eigenvalue weighted by Gasteiger charge is -2.21. The highest BCUT2D eigenvalue weighted by atomic mass is 32.2. The second-order valence-electron chi connectivity index (χ2n) is 4.57. The third-order valence-corrected chi connectivity index (χ3v) is 6.10. The fourth-order valence-corrected chi connectivity index (χ4v) is 4.81. The van der Waals surface area contributed by atoms with Gasteiger partial charge in [0.25, 0.3) is 10.0 Å². The van der Waals surface area contributed by atoms with Gasteiger partial charge in [-0.3, -0.25) is 4.31 Å². The summed E-state index contributed by atoms with van der Waals surface area (Å²) in [6.07, 6.45) is 0. The number of carboxylic acids is 1. The minimum atomic E-state index is -3.78. The maximum Gasteiger partial charge on any atom is 0.337 e.